The highest BCUT2D eigenvalue weighted by molar-refractivity contribution is 6.43. The van der Waals surface area contributed by atoms with E-state index < -0.39 is 17.7 Å². The van der Waals surface area contributed by atoms with Crippen LogP contribution in [0.4, 0.5) is 11.4 Å². The molecule has 0 saturated carbocycles. The Labute approximate surface area is 212 Å². The lowest BCUT2D eigenvalue weighted by Gasteiger charge is -2.14. The van der Waals surface area contributed by atoms with Crippen LogP contribution in [0.5, 0.6) is 0 Å². The highest BCUT2D eigenvalue weighted by Gasteiger charge is 2.22. The number of carbonyl (C=O) groups is 3. The number of benzene rings is 3. The Balaban J connectivity index is 1.64. The van der Waals surface area contributed by atoms with Crippen molar-refractivity contribution in [2.75, 3.05) is 16.1 Å². The van der Waals surface area contributed by atoms with Crippen LogP contribution in [0, 0.1) is 20.8 Å². The Morgan fingerprint density at radius 3 is 2.23 bits per heavy atom. The molecule has 0 aliphatic rings. The molecule has 0 fully saturated rings. The van der Waals surface area contributed by atoms with Crippen molar-refractivity contribution in [3.8, 4) is 0 Å². The molecule has 1 heterocycles. The van der Waals surface area contributed by atoms with E-state index in [9.17, 15) is 14.4 Å². The van der Waals surface area contributed by atoms with Crippen molar-refractivity contribution in [2.24, 2.45) is 0 Å². The minimum absolute atomic E-state index is 0.126. The Kier molecular flexibility index (Phi) is 6.82. The fraction of sp³-hybridized carbons (Fsp3) is 0.115. The van der Waals surface area contributed by atoms with Gasteiger partial charge in [0, 0.05) is 26.8 Å². The van der Waals surface area contributed by atoms with Gasteiger partial charge in [0.2, 0.25) is 0 Å². The minimum atomic E-state index is -0.961. The van der Waals surface area contributed by atoms with Gasteiger partial charge in [0.15, 0.2) is 0 Å². The Bertz CT molecular complexity index is 1470. The second-order valence-electron chi connectivity index (χ2n) is 8.21. The third kappa shape index (κ3) is 5.31. The van der Waals surface area contributed by atoms with Gasteiger partial charge in [-0.05, 0) is 86.0 Å². The van der Waals surface area contributed by atoms with Crippen LogP contribution < -0.4 is 16.1 Å². The normalized spacial score (nSPS) is 10.8. The van der Waals surface area contributed by atoms with Crippen molar-refractivity contribution < 1.29 is 14.4 Å². The maximum absolute atomic E-state index is 13.2. The fourth-order valence-electron chi connectivity index (χ4n) is 3.79. The molecule has 1 aromatic heterocycles. The fourth-order valence-corrected chi connectivity index (χ4v) is 4.15. The van der Waals surface area contributed by atoms with E-state index in [1.807, 2.05) is 32.0 Å². The summed E-state index contributed by atoms with van der Waals surface area (Å²) in [7, 11) is 0. The van der Waals surface area contributed by atoms with E-state index in [1.54, 1.807) is 49.4 Å². The van der Waals surface area contributed by atoms with Crippen LogP contribution in [0.25, 0.3) is 10.9 Å². The highest BCUT2D eigenvalue weighted by atomic mass is 35.5. The molecule has 178 valence electrons. The summed E-state index contributed by atoms with van der Waals surface area (Å²) in [6.07, 6.45) is 0. The zero-order valence-electron chi connectivity index (χ0n) is 19.2. The average molecular weight is 509 g/mol. The molecule has 3 amide bonds. The molecular weight excluding hydrogens is 487 g/mol. The maximum Gasteiger partial charge on any atom is 0.328 e. The number of nitrogens with one attached hydrogen (secondary N) is 3. The molecule has 0 aliphatic carbocycles. The number of nitrogens with zero attached hydrogens (tertiary/aromatic N) is 1. The molecular formula is C26H22Cl2N4O3. The number of aryl methyl sites for hydroxylation is 2. The smallest absolute Gasteiger partial charge is 0.321 e. The number of aromatic nitrogens is 1. The summed E-state index contributed by atoms with van der Waals surface area (Å²) in [6.45, 7) is 5.60. The first-order chi connectivity index (χ1) is 16.6. The van der Waals surface area contributed by atoms with Gasteiger partial charge in [-0.3, -0.25) is 19.8 Å². The largest absolute Gasteiger partial charge is 0.328 e. The first kappa shape index (κ1) is 24.3. The third-order valence-corrected chi connectivity index (χ3v) is 6.06. The Morgan fingerprint density at radius 1 is 0.800 bits per heavy atom. The lowest BCUT2D eigenvalue weighted by Crippen LogP contribution is -2.36. The number of amides is 3. The SMILES string of the molecule is Cc1cc(C)cc(NC(=O)c2cc3cc(Cl)ccc3n2NC(=O)C(=O)Nc2cccc(Cl)c2C)c1. The van der Waals surface area contributed by atoms with Gasteiger partial charge < -0.3 is 10.6 Å². The molecule has 0 atom stereocenters. The first-order valence-electron chi connectivity index (χ1n) is 10.7. The standard InChI is InChI=1S/C26H22Cl2N4O3/c1-14-9-15(2)11-19(10-14)29-24(33)23-13-17-12-18(27)7-8-22(17)32(23)31-26(35)25(34)30-21-6-4-5-20(28)16(21)3/h4-13H,1-3H3,(H,29,33)(H,30,34)(H,31,35). The van der Waals surface area contributed by atoms with Crippen LogP contribution in [-0.2, 0) is 9.59 Å². The summed E-state index contributed by atoms with van der Waals surface area (Å²) in [4.78, 5) is 38.7. The maximum atomic E-state index is 13.2. The van der Waals surface area contributed by atoms with E-state index in [0.29, 0.717) is 37.9 Å². The molecule has 3 N–H and O–H groups in total. The number of hydrogen-bond acceptors (Lipinski definition) is 3. The third-order valence-electron chi connectivity index (χ3n) is 5.41. The van der Waals surface area contributed by atoms with Gasteiger partial charge >= 0.3 is 11.8 Å². The Hall–Kier alpha value is -3.81. The zero-order chi connectivity index (χ0) is 25.3. The molecule has 4 aromatic rings. The van der Waals surface area contributed by atoms with E-state index in [-0.39, 0.29) is 5.69 Å². The van der Waals surface area contributed by atoms with Crippen molar-refractivity contribution in [3.63, 3.8) is 0 Å². The summed E-state index contributed by atoms with van der Waals surface area (Å²) < 4.78 is 1.27. The number of carbonyl (C=O) groups excluding carboxylic acids is 3. The van der Waals surface area contributed by atoms with Gasteiger partial charge in [-0.15, -0.1) is 0 Å². The number of halogens is 2. The van der Waals surface area contributed by atoms with E-state index in [2.05, 4.69) is 16.1 Å². The predicted octanol–water partition coefficient (Wildman–Crippen LogP) is 5.83. The van der Waals surface area contributed by atoms with E-state index in [0.717, 1.165) is 11.1 Å². The average Bonchev–Trinajstić information content (AvgIpc) is 3.13. The van der Waals surface area contributed by atoms with Crippen molar-refractivity contribution in [1.82, 2.24) is 4.68 Å². The van der Waals surface area contributed by atoms with Crippen LogP contribution in [0.1, 0.15) is 27.2 Å². The van der Waals surface area contributed by atoms with Crippen molar-refractivity contribution in [3.05, 3.63) is 93.1 Å². The summed E-state index contributed by atoms with van der Waals surface area (Å²) in [5.41, 5.74) is 6.80. The molecule has 0 aliphatic heterocycles. The number of rotatable bonds is 4. The second kappa shape index (κ2) is 9.82. The summed E-state index contributed by atoms with van der Waals surface area (Å²) in [5, 5.41) is 6.95. The minimum Gasteiger partial charge on any atom is -0.321 e. The van der Waals surface area contributed by atoms with Gasteiger partial charge in [0.05, 0.1) is 5.52 Å². The summed E-state index contributed by atoms with van der Waals surface area (Å²) in [5.74, 6) is -2.34. The van der Waals surface area contributed by atoms with E-state index in [4.69, 9.17) is 23.2 Å². The topological polar surface area (TPSA) is 92.2 Å². The molecule has 0 saturated heterocycles. The van der Waals surface area contributed by atoms with Crippen LogP contribution in [0.15, 0.2) is 60.7 Å². The van der Waals surface area contributed by atoms with Crippen molar-refractivity contribution >= 4 is 63.2 Å². The molecule has 3 aromatic carbocycles. The van der Waals surface area contributed by atoms with Crippen LogP contribution in [0.3, 0.4) is 0 Å². The van der Waals surface area contributed by atoms with Gasteiger partial charge in [-0.1, -0.05) is 35.3 Å². The van der Waals surface area contributed by atoms with Crippen LogP contribution in [0.2, 0.25) is 10.0 Å². The van der Waals surface area contributed by atoms with Crippen LogP contribution >= 0.6 is 23.2 Å². The van der Waals surface area contributed by atoms with E-state index in [1.165, 1.54) is 4.68 Å². The first-order valence-corrected chi connectivity index (χ1v) is 11.5. The lowest BCUT2D eigenvalue weighted by molar-refractivity contribution is -0.133. The number of fused-ring (bicyclic) bond motifs is 1. The lowest BCUT2D eigenvalue weighted by atomic mass is 10.1. The molecule has 9 heteroatoms. The molecule has 7 nitrogen and oxygen atoms in total. The predicted molar refractivity (Wildman–Crippen MR) is 140 cm³/mol. The van der Waals surface area contributed by atoms with Gasteiger partial charge in [-0.2, -0.15) is 0 Å². The van der Waals surface area contributed by atoms with Crippen LogP contribution in [-0.4, -0.2) is 22.4 Å². The highest BCUT2D eigenvalue weighted by Crippen LogP contribution is 2.25. The summed E-state index contributed by atoms with van der Waals surface area (Å²) in [6, 6.07) is 17.2. The zero-order valence-corrected chi connectivity index (χ0v) is 20.7. The Morgan fingerprint density at radius 2 is 1.51 bits per heavy atom. The molecule has 4 rings (SSSR count). The molecule has 0 unspecified atom stereocenters. The van der Waals surface area contributed by atoms with E-state index >= 15 is 0 Å². The molecule has 35 heavy (non-hydrogen) atoms. The molecule has 0 spiro atoms. The van der Waals surface area contributed by atoms with Gasteiger partial charge in [0.1, 0.15) is 5.69 Å². The van der Waals surface area contributed by atoms with Crippen molar-refractivity contribution in [2.45, 2.75) is 20.8 Å². The number of anilines is 2. The number of hydrogen-bond donors (Lipinski definition) is 3. The summed E-state index contributed by atoms with van der Waals surface area (Å²) >= 11 is 12.2. The van der Waals surface area contributed by atoms with Crippen molar-refractivity contribution in [1.29, 1.82) is 0 Å². The molecule has 0 bridgehead atoms. The second-order valence-corrected chi connectivity index (χ2v) is 9.05. The van der Waals surface area contributed by atoms with Gasteiger partial charge in [0.25, 0.3) is 5.91 Å². The molecule has 0 radical (unpaired) electrons. The monoisotopic (exact) mass is 508 g/mol. The quantitative estimate of drug-likeness (QED) is 0.302. The van der Waals surface area contributed by atoms with Gasteiger partial charge in [-0.25, -0.2) is 4.68 Å².